The molecule has 1 heterocycles. The van der Waals surface area contributed by atoms with E-state index in [1.807, 2.05) is 19.1 Å². The summed E-state index contributed by atoms with van der Waals surface area (Å²) in [5.74, 6) is -1.01. The number of benzene rings is 1. The van der Waals surface area contributed by atoms with E-state index in [0.29, 0.717) is 5.69 Å². The molecular weight excluding hydrogens is 256 g/mol. The summed E-state index contributed by atoms with van der Waals surface area (Å²) in [6.07, 6.45) is 1.49. The molecule has 5 heteroatoms. The fraction of sp³-hybridized carbons (Fsp3) is 0.133. The third-order valence-electron chi connectivity index (χ3n) is 2.54. The Kier molecular flexibility index (Phi) is 4.44. The van der Waals surface area contributed by atoms with Crippen LogP contribution >= 0.6 is 0 Å². The van der Waals surface area contributed by atoms with E-state index < -0.39 is 11.9 Å². The highest BCUT2D eigenvalue weighted by atomic mass is 16.5. The third-order valence-corrected chi connectivity index (χ3v) is 2.54. The van der Waals surface area contributed by atoms with Crippen LogP contribution in [0.2, 0.25) is 0 Å². The SMILES string of the molecule is Cc1ccc(NC(=O)COC(=O)c2ccccn2)cc1. The molecule has 0 saturated heterocycles. The molecular formula is C15H14N2O3. The van der Waals surface area contributed by atoms with Crippen molar-refractivity contribution in [1.82, 2.24) is 4.98 Å². The molecule has 0 unspecified atom stereocenters. The lowest BCUT2D eigenvalue weighted by molar-refractivity contribution is -0.119. The topological polar surface area (TPSA) is 68.3 Å². The number of amides is 1. The molecule has 0 radical (unpaired) electrons. The smallest absolute Gasteiger partial charge is 0.357 e. The number of nitrogens with zero attached hydrogens (tertiary/aromatic N) is 1. The first kappa shape index (κ1) is 13.7. The maximum Gasteiger partial charge on any atom is 0.357 e. The molecule has 20 heavy (non-hydrogen) atoms. The number of carbonyl (C=O) groups is 2. The normalized spacial score (nSPS) is 9.85. The highest BCUT2D eigenvalue weighted by Crippen LogP contribution is 2.08. The zero-order valence-corrected chi connectivity index (χ0v) is 11.0. The molecule has 0 atom stereocenters. The van der Waals surface area contributed by atoms with Gasteiger partial charge in [0.2, 0.25) is 0 Å². The second kappa shape index (κ2) is 6.47. The van der Waals surface area contributed by atoms with Gasteiger partial charge in [-0.05, 0) is 31.2 Å². The molecule has 0 aliphatic heterocycles. The van der Waals surface area contributed by atoms with Crippen molar-refractivity contribution in [2.75, 3.05) is 11.9 Å². The lowest BCUT2D eigenvalue weighted by atomic mass is 10.2. The molecule has 1 amide bonds. The molecule has 102 valence electrons. The van der Waals surface area contributed by atoms with Gasteiger partial charge in [0.05, 0.1) is 0 Å². The lowest BCUT2D eigenvalue weighted by Gasteiger charge is -2.06. The maximum atomic E-state index is 11.6. The number of anilines is 1. The minimum atomic E-state index is -0.621. The fourth-order valence-electron chi connectivity index (χ4n) is 1.52. The summed E-state index contributed by atoms with van der Waals surface area (Å²) in [4.78, 5) is 27.0. The van der Waals surface area contributed by atoms with E-state index in [4.69, 9.17) is 4.74 Å². The second-order valence-corrected chi connectivity index (χ2v) is 4.21. The van der Waals surface area contributed by atoms with E-state index in [2.05, 4.69) is 10.3 Å². The summed E-state index contributed by atoms with van der Waals surface area (Å²) in [6, 6.07) is 12.2. The number of esters is 1. The van der Waals surface area contributed by atoms with Crippen molar-refractivity contribution in [1.29, 1.82) is 0 Å². The first-order chi connectivity index (χ1) is 9.65. The fourth-order valence-corrected chi connectivity index (χ4v) is 1.52. The van der Waals surface area contributed by atoms with Crippen LogP contribution in [0.1, 0.15) is 16.1 Å². The molecule has 1 aromatic heterocycles. The molecule has 0 bridgehead atoms. The van der Waals surface area contributed by atoms with Gasteiger partial charge in [-0.2, -0.15) is 0 Å². The Bertz CT molecular complexity index is 594. The Hall–Kier alpha value is -2.69. The predicted molar refractivity (Wildman–Crippen MR) is 74.3 cm³/mol. The minimum Gasteiger partial charge on any atom is -0.451 e. The predicted octanol–water partition coefficient (Wildman–Crippen LogP) is 2.19. The van der Waals surface area contributed by atoms with Crippen molar-refractivity contribution in [2.45, 2.75) is 6.92 Å². The zero-order valence-electron chi connectivity index (χ0n) is 11.0. The summed E-state index contributed by atoms with van der Waals surface area (Å²) in [7, 11) is 0. The standard InChI is InChI=1S/C15H14N2O3/c1-11-5-7-12(8-6-11)17-14(18)10-20-15(19)13-4-2-3-9-16-13/h2-9H,10H2,1H3,(H,17,18). The number of ether oxygens (including phenoxy) is 1. The van der Waals surface area contributed by atoms with Crippen molar-refractivity contribution in [2.24, 2.45) is 0 Å². The van der Waals surface area contributed by atoms with E-state index in [9.17, 15) is 9.59 Å². The monoisotopic (exact) mass is 270 g/mol. The van der Waals surface area contributed by atoms with Crippen molar-refractivity contribution in [3.05, 3.63) is 59.9 Å². The van der Waals surface area contributed by atoms with Crippen LogP contribution < -0.4 is 5.32 Å². The van der Waals surface area contributed by atoms with Gasteiger partial charge in [-0.15, -0.1) is 0 Å². The Labute approximate surface area is 116 Å². The molecule has 1 N–H and O–H groups in total. The molecule has 0 saturated carbocycles. The number of hydrogen-bond acceptors (Lipinski definition) is 4. The Morgan fingerprint density at radius 3 is 2.55 bits per heavy atom. The van der Waals surface area contributed by atoms with Gasteiger partial charge in [-0.3, -0.25) is 4.79 Å². The van der Waals surface area contributed by atoms with Crippen molar-refractivity contribution >= 4 is 17.6 Å². The number of rotatable bonds is 4. The van der Waals surface area contributed by atoms with Gasteiger partial charge in [0.1, 0.15) is 5.69 Å². The van der Waals surface area contributed by atoms with Gasteiger partial charge in [0.25, 0.3) is 5.91 Å². The number of aromatic nitrogens is 1. The molecule has 2 rings (SSSR count). The van der Waals surface area contributed by atoms with Crippen LogP contribution in [0.15, 0.2) is 48.7 Å². The molecule has 0 aliphatic carbocycles. The highest BCUT2D eigenvalue weighted by molar-refractivity contribution is 5.94. The summed E-state index contributed by atoms with van der Waals surface area (Å²) < 4.78 is 4.87. The van der Waals surface area contributed by atoms with Crippen LogP contribution in [0.5, 0.6) is 0 Å². The maximum absolute atomic E-state index is 11.6. The zero-order chi connectivity index (χ0) is 14.4. The van der Waals surface area contributed by atoms with Crippen LogP contribution in [0, 0.1) is 6.92 Å². The van der Waals surface area contributed by atoms with Crippen LogP contribution in [-0.4, -0.2) is 23.5 Å². The number of carbonyl (C=O) groups excluding carboxylic acids is 2. The van der Waals surface area contributed by atoms with Gasteiger partial charge in [0, 0.05) is 11.9 Å². The third kappa shape index (κ3) is 3.91. The highest BCUT2D eigenvalue weighted by Gasteiger charge is 2.10. The van der Waals surface area contributed by atoms with E-state index in [-0.39, 0.29) is 12.3 Å². The Morgan fingerprint density at radius 1 is 1.15 bits per heavy atom. The largest absolute Gasteiger partial charge is 0.451 e. The number of nitrogens with one attached hydrogen (secondary N) is 1. The van der Waals surface area contributed by atoms with Crippen molar-refractivity contribution in [3.63, 3.8) is 0 Å². The number of pyridine rings is 1. The van der Waals surface area contributed by atoms with Gasteiger partial charge < -0.3 is 10.1 Å². The van der Waals surface area contributed by atoms with Gasteiger partial charge in [0.15, 0.2) is 6.61 Å². The van der Waals surface area contributed by atoms with Crippen LogP contribution in [0.4, 0.5) is 5.69 Å². The molecule has 5 nitrogen and oxygen atoms in total. The van der Waals surface area contributed by atoms with Gasteiger partial charge in [-0.25, -0.2) is 9.78 Å². The quantitative estimate of drug-likeness (QED) is 0.865. The first-order valence-corrected chi connectivity index (χ1v) is 6.10. The molecule has 1 aromatic carbocycles. The average Bonchev–Trinajstić information content (AvgIpc) is 2.48. The number of hydrogen-bond donors (Lipinski definition) is 1. The van der Waals surface area contributed by atoms with E-state index in [1.54, 1.807) is 24.3 Å². The summed E-state index contributed by atoms with van der Waals surface area (Å²) in [5.41, 5.74) is 1.94. The van der Waals surface area contributed by atoms with Gasteiger partial charge >= 0.3 is 5.97 Å². The lowest BCUT2D eigenvalue weighted by Crippen LogP contribution is -2.21. The van der Waals surface area contributed by atoms with Crippen LogP contribution in [0.25, 0.3) is 0 Å². The molecule has 0 spiro atoms. The van der Waals surface area contributed by atoms with E-state index in [1.165, 1.54) is 12.3 Å². The van der Waals surface area contributed by atoms with Crippen molar-refractivity contribution < 1.29 is 14.3 Å². The molecule has 0 aliphatic rings. The number of aryl methyl sites for hydroxylation is 1. The second-order valence-electron chi connectivity index (χ2n) is 4.21. The summed E-state index contributed by atoms with van der Waals surface area (Å²) >= 11 is 0. The Balaban J connectivity index is 1.83. The Morgan fingerprint density at radius 2 is 1.90 bits per heavy atom. The average molecular weight is 270 g/mol. The van der Waals surface area contributed by atoms with Crippen LogP contribution in [0.3, 0.4) is 0 Å². The molecule has 2 aromatic rings. The summed E-state index contributed by atoms with van der Waals surface area (Å²) in [5, 5.41) is 2.64. The van der Waals surface area contributed by atoms with Crippen molar-refractivity contribution in [3.8, 4) is 0 Å². The first-order valence-electron chi connectivity index (χ1n) is 6.10. The van der Waals surface area contributed by atoms with Gasteiger partial charge in [-0.1, -0.05) is 23.8 Å². The molecule has 0 fully saturated rings. The summed E-state index contributed by atoms with van der Waals surface area (Å²) in [6.45, 7) is 1.61. The van der Waals surface area contributed by atoms with E-state index >= 15 is 0 Å². The van der Waals surface area contributed by atoms with E-state index in [0.717, 1.165) is 5.56 Å². The minimum absolute atomic E-state index is 0.177. The van der Waals surface area contributed by atoms with Crippen LogP contribution in [-0.2, 0) is 9.53 Å².